The highest BCUT2D eigenvalue weighted by atomic mass is 32.1. The summed E-state index contributed by atoms with van der Waals surface area (Å²) in [5.41, 5.74) is 1.30. The molecule has 7 nitrogen and oxygen atoms in total. The summed E-state index contributed by atoms with van der Waals surface area (Å²) >= 11 is 1.31. The Labute approximate surface area is 128 Å². The van der Waals surface area contributed by atoms with Crippen molar-refractivity contribution in [2.75, 3.05) is 6.61 Å². The van der Waals surface area contributed by atoms with E-state index in [9.17, 15) is 14.9 Å². The molecule has 0 aliphatic rings. The van der Waals surface area contributed by atoms with Crippen molar-refractivity contribution in [3.63, 3.8) is 0 Å². The van der Waals surface area contributed by atoms with E-state index in [4.69, 9.17) is 4.74 Å². The van der Waals surface area contributed by atoms with Gasteiger partial charge in [0.1, 0.15) is 0 Å². The van der Waals surface area contributed by atoms with Gasteiger partial charge in [0, 0.05) is 17.6 Å². The molecule has 0 atom stereocenters. The molecule has 8 heteroatoms. The number of hydrogen-bond donors (Lipinski definition) is 0. The third-order valence-electron chi connectivity index (χ3n) is 3.07. The van der Waals surface area contributed by atoms with Gasteiger partial charge in [-0.05, 0) is 13.0 Å². The number of imidazole rings is 1. The molecule has 0 amide bonds. The molecule has 0 aliphatic carbocycles. The van der Waals surface area contributed by atoms with Crippen LogP contribution in [-0.4, -0.2) is 26.9 Å². The molecule has 2 heterocycles. The predicted octanol–water partition coefficient (Wildman–Crippen LogP) is 3.15. The molecule has 0 N–H and O–H groups in total. The van der Waals surface area contributed by atoms with Gasteiger partial charge < -0.3 is 4.74 Å². The highest BCUT2D eigenvalue weighted by Gasteiger charge is 2.20. The van der Waals surface area contributed by atoms with Crippen LogP contribution in [0.15, 0.2) is 35.8 Å². The molecule has 22 heavy (non-hydrogen) atoms. The fourth-order valence-corrected chi connectivity index (χ4v) is 3.00. The fraction of sp³-hybridized carbons (Fsp3) is 0.143. The van der Waals surface area contributed by atoms with Crippen LogP contribution in [0.25, 0.3) is 16.2 Å². The number of benzene rings is 1. The number of rotatable bonds is 4. The Morgan fingerprint density at radius 1 is 1.45 bits per heavy atom. The molecule has 0 unspecified atom stereocenters. The van der Waals surface area contributed by atoms with Crippen LogP contribution in [0, 0.1) is 10.1 Å². The zero-order chi connectivity index (χ0) is 15.7. The van der Waals surface area contributed by atoms with E-state index in [0.717, 1.165) is 0 Å². The summed E-state index contributed by atoms with van der Waals surface area (Å²) < 4.78 is 6.58. The summed E-state index contributed by atoms with van der Waals surface area (Å²) in [4.78, 5) is 27.2. The standard InChI is InChI=1S/C14H11N3O4S/c1-2-21-13(18)10-7-16-12(8-22-14(16)15-10)9-5-3-4-6-11(9)17(19)20/h3-8H,2H2,1H3. The lowest BCUT2D eigenvalue weighted by atomic mass is 10.1. The average Bonchev–Trinajstić information content (AvgIpc) is 3.07. The Morgan fingerprint density at radius 3 is 2.95 bits per heavy atom. The van der Waals surface area contributed by atoms with Crippen molar-refractivity contribution in [2.45, 2.75) is 6.92 Å². The normalized spacial score (nSPS) is 10.8. The van der Waals surface area contributed by atoms with E-state index in [1.54, 1.807) is 34.9 Å². The zero-order valence-corrected chi connectivity index (χ0v) is 12.4. The van der Waals surface area contributed by atoms with Crippen LogP contribution in [0.5, 0.6) is 0 Å². The van der Waals surface area contributed by atoms with Gasteiger partial charge in [0.25, 0.3) is 5.69 Å². The molecule has 3 rings (SSSR count). The van der Waals surface area contributed by atoms with Crippen LogP contribution in [0.3, 0.4) is 0 Å². The molecule has 0 saturated heterocycles. The molecule has 2 aromatic heterocycles. The first-order chi connectivity index (χ1) is 10.6. The first-order valence-corrected chi connectivity index (χ1v) is 7.37. The van der Waals surface area contributed by atoms with Crippen molar-refractivity contribution in [1.29, 1.82) is 0 Å². The van der Waals surface area contributed by atoms with Crippen LogP contribution in [0.1, 0.15) is 17.4 Å². The third kappa shape index (κ3) is 2.33. The maximum absolute atomic E-state index is 11.7. The lowest BCUT2D eigenvalue weighted by molar-refractivity contribution is -0.384. The van der Waals surface area contributed by atoms with Crippen LogP contribution in [-0.2, 0) is 4.74 Å². The summed E-state index contributed by atoms with van der Waals surface area (Å²) in [7, 11) is 0. The number of nitrogens with zero attached hydrogens (tertiary/aromatic N) is 3. The number of aromatic nitrogens is 2. The van der Waals surface area contributed by atoms with Gasteiger partial charge in [0.2, 0.25) is 0 Å². The van der Waals surface area contributed by atoms with Crippen LogP contribution >= 0.6 is 11.3 Å². The first kappa shape index (κ1) is 14.2. The topological polar surface area (TPSA) is 86.7 Å². The molecule has 0 aliphatic heterocycles. The van der Waals surface area contributed by atoms with Crippen LogP contribution < -0.4 is 0 Å². The lowest BCUT2D eigenvalue weighted by Gasteiger charge is -2.01. The minimum atomic E-state index is -0.507. The zero-order valence-electron chi connectivity index (χ0n) is 11.6. The van der Waals surface area contributed by atoms with E-state index < -0.39 is 10.9 Å². The summed E-state index contributed by atoms with van der Waals surface area (Å²) in [5.74, 6) is -0.507. The van der Waals surface area contributed by atoms with Gasteiger partial charge in [0.15, 0.2) is 10.7 Å². The van der Waals surface area contributed by atoms with E-state index in [0.29, 0.717) is 16.2 Å². The van der Waals surface area contributed by atoms with E-state index >= 15 is 0 Å². The quantitative estimate of drug-likeness (QED) is 0.419. The number of nitro groups is 1. The fourth-order valence-electron chi connectivity index (χ4n) is 2.13. The SMILES string of the molecule is CCOC(=O)c1cn2c(-c3ccccc3[N+](=O)[O-])csc2n1. The van der Waals surface area contributed by atoms with Gasteiger partial charge in [0.05, 0.1) is 22.8 Å². The van der Waals surface area contributed by atoms with Crippen molar-refractivity contribution in [3.8, 4) is 11.3 Å². The highest BCUT2D eigenvalue weighted by Crippen LogP contribution is 2.32. The van der Waals surface area contributed by atoms with E-state index in [2.05, 4.69) is 4.98 Å². The number of ether oxygens (including phenoxy) is 1. The van der Waals surface area contributed by atoms with E-state index in [1.165, 1.54) is 23.6 Å². The molecule has 112 valence electrons. The Morgan fingerprint density at radius 2 is 2.23 bits per heavy atom. The van der Waals surface area contributed by atoms with Crippen LogP contribution in [0.2, 0.25) is 0 Å². The highest BCUT2D eigenvalue weighted by molar-refractivity contribution is 7.15. The molecule has 0 saturated carbocycles. The van der Waals surface area contributed by atoms with Gasteiger partial charge >= 0.3 is 5.97 Å². The monoisotopic (exact) mass is 317 g/mol. The van der Waals surface area contributed by atoms with Gasteiger partial charge in [-0.3, -0.25) is 14.5 Å². The molecule has 0 fully saturated rings. The smallest absolute Gasteiger partial charge is 0.358 e. The number of para-hydroxylation sites is 1. The van der Waals surface area contributed by atoms with Crippen molar-refractivity contribution in [3.05, 3.63) is 51.7 Å². The number of hydrogen-bond acceptors (Lipinski definition) is 6. The second-order valence-corrected chi connectivity index (χ2v) is 5.23. The minimum Gasteiger partial charge on any atom is -0.461 e. The van der Waals surface area contributed by atoms with E-state index in [1.807, 2.05) is 0 Å². The summed E-state index contributed by atoms with van der Waals surface area (Å²) in [5, 5.41) is 12.9. The Hall–Kier alpha value is -2.74. The second-order valence-electron chi connectivity index (χ2n) is 4.39. The minimum absolute atomic E-state index is 0.00795. The average molecular weight is 317 g/mol. The molecule has 0 radical (unpaired) electrons. The molecule has 1 aromatic carbocycles. The predicted molar refractivity (Wildman–Crippen MR) is 81.1 cm³/mol. The van der Waals surface area contributed by atoms with Gasteiger partial charge in [-0.25, -0.2) is 9.78 Å². The number of esters is 1. The van der Waals surface area contributed by atoms with Gasteiger partial charge in [-0.2, -0.15) is 0 Å². The summed E-state index contributed by atoms with van der Waals surface area (Å²) in [6, 6.07) is 6.46. The molecular weight excluding hydrogens is 306 g/mol. The van der Waals surface area contributed by atoms with Gasteiger partial charge in [-0.15, -0.1) is 11.3 Å². The molecular formula is C14H11N3O4S. The Kier molecular flexibility index (Phi) is 3.60. The van der Waals surface area contributed by atoms with Crippen molar-refractivity contribution in [2.24, 2.45) is 0 Å². The van der Waals surface area contributed by atoms with E-state index in [-0.39, 0.29) is 18.0 Å². The van der Waals surface area contributed by atoms with Crippen molar-refractivity contribution in [1.82, 2.24) is 9.38 Å². The molecule has 0 bridgehead atoms. The lowest BCUT2D eigenvalue weighted by Crippen LogP contribution is -2.04. The largest absolute Gasteiger partial charge is 0.461 e. The maximum atomic E-state index is 11.7. The number of thiazole rings is 1. The molecule has 0 spiro atoms. The number of carbonyl (C=O) groups is 1. The number of nitro benzene ring substituents is 1. The van der Waals surface area contributed by atoms with Gasteiger partial charge in [-0.1, -0.05) is 12.1 Å². The van der Waals surface area contributed by atoms with Crippen molar-refractivity contribution < 1.29 is 14.5 Å². The summed E-state index contributed by atoms with van der Waals surface area (Å²) in [6.45, 7) is 1.98. The number of fused-ring (bicyclic) bond motifs is 1. The Balaban J connectivity index is 2.13. The third-order valence-corrected chi connectivity index (χ3v) is 3.91. The van der Waals surface area contributed by atoms with Crippen molar-refractivity contribution >= 4 is 28.0 Å². The second kappa shape index (κ2) is 5.57. The number of carbonyl (C=O) groups excluding carboxylic acids is 1. The molecule has 3 aromatic rings. The maximum Gasteiger partial charge on any atom is 0.358 e. The summed E-state index contributed by atoms with van der Waals surface area (Å²) in [6.07, 6.45) is 1.54. The van der Waals surface area contributed by atoms with Crippen LogP contribution in [0.4, 0.5) is 5.69 Å². The first-order valence-electron chi connectivity index (χ1n) is 6.49. The Bertz CT molecular complexity index is 868.